The predicted octanol–water partition coefficient (Wildman–Crippen LogP) is 12.5. The van der Waals surface area contributed by atoms with E-state index in [1.54, 1.807) is 0 Å². The number of benzene rings is 8. The number of fused-ring (bicyclic) bond motifs is 11. The minimum Gasteiger partial charge on any atom is -0.228 e. The van der Waals surface area contributed by atoms with Crippen molar-refractivity contribution in [1.82, 2.24) is 9.97 Å². The van der Waals surface area contributed by atoms with Crippen LogP contribution in [-0.2, 0) is 5.41 Å². The van der Waals surface area contributed by atoms with Crippen molar-refractivity contribution in [2.24, 2.45) is 0 Å². The summed E-state index contributed by atoms with van der Waals surface area (Å²) >= 11 is 0. The van der Waals surface area contributed by atoms with Crippen LogP contribution in [0.25, 0.3) is 78.1 Å². The van der Waals surface area contributed by atoms with E-state index in [-0.39, 0.29) is 0 Å². The van der Waals surface area contributed by atoms with Crippen molar-refractivity contribution in [2.75, 3.05) is 0 Å². The smallest absolute Gasteiger partial charge is 0.161 e. The minimum absolute atomic E-state index is 0.539. The van der Waals surface area contributed by atoms with Crippen molar-refractivity contribution in [3.63, 3.8) is 0 Å². The molecule has 3 nitrogen and oxygen atoms in total. The highest BCUT2D eigenvalue weighted by molar-refractivity contribution is 6.02. The molecule has 0 bridgehead atoms. The molecule has 0 saturated carbocycles. The lowest BCUT2D eigenvalue weighted by atomic mass is 9.70. The minimum atomic E-state index is -0.539. The van der Waals surface area contributed by atoms with E-state index in [1.807, 2.05) is 30.3 Å². The van der Waals surface area contributed by atoms with Gasteiger partial charge in [-0.3, -0.25) is 0 Å². The van der Waals surface area contributed by atoms with Crippen molar-refractivity contribution in [3.05, 3.63) is 216 Å². The van der Waals surface area contributed by atoms with E-state index in [0.717, 1.165) is 66.7 Å². The molecular formula is C52H31N3. The second kappa shape index (κ2) is 12.1. The molecule has 1 aromatic heterocycles. The van der Waals surface area contributed by atoms with Crippen molar-refractivity contribution in [1.29, 1.82) is 5.26 Å². The first-order valence-corrected chi connectivity index (χ1v) is 18.6. The van der Waals surface area contributed by atoms with Gasteiger partial charge in [-0.15, -0.1) is 0 Å². The van der Waals surface area contributed by atoms with Gasteiger partial charge in [-0.1, -0.05) is 170 Å². The molecule has 3 heteroatoms. The molecule has 2 aliphatic rings. The molecule has 0 amide bonds. The number of hydrogen-bond acceptors (Lipinski definition) is 3. The van der Waals surface area contributed by atoms with Gasteiger partial charge in [0.1, 0.15) is 0 Å². The fraction of sp³-hybridized carbons (Fsp3) is 0.0192. The highest BCUT2D eigenvalue weighted by Gasteiger charge is 2.52. The fourth-order valence-electron chi connectivity index (χ4n) is 9.30. The number of aromatic nitrogens is 2. The van der Waals surface area contributed by atoms with Crippen molar-refractivity contribution in [3.8, 4) is 73.4 Å². The Kier molecular flexibility index (Phi) is 6.83. The van der Waals surface area contributed by atoms with Gasteiger partial charge in [0.25, 0.3) is 0 Å². The lowest BCUT2D eigenvalue weighted by molar-refractivity contribution is 0.793. The molecule has 0 atom stereocenters. The van der Waals surface area contributed by atoms with Crippen LogP contribution in [0.3, 0.4) is 0 Å². The van der Waals surface area contributed by atoms with Gasteiger partial charge in [0.15, 0.2) is 5.82 Å². The Hall–Kier alpha value is -7.41. The summed E-state index contributed by atoms with van der Waals surface area (Å²) in [6.45, 7) is 0. The highest BCUT2D eigenvalue weighted by Crippen LogP contribution is 2.64. The number of hydrogen-bond donors (Lipinski definition) is 0. The van der Waals surface area contributed by atoms with Gasteiger partial charge in [-0.05, 0) is 79.0 Å². The summed E-state index contributed by atoms with van der Waals surface area (Å²) in [5.41, 5.74) is 16.5. The molecule has 8 aromatic carbocycles. The first-order chi connectivity index (χ1) is 27.2. The Morgan fingerprint density at radius 1 is 0.400 bits per heavy atom. The van der Waals surface area contributed by atoms with Crippen LogP contribution in [-0.4, -0.2) is 9.97 Å². The van der Waals surface area contributed by atoms with Crippen LogP contribution in [0.5, 0.6) is 0 Å². The Balaban J connectivity index is 1.14. The first kappa shape index (κ1) is 31.1. The van der Waals surface area contributed by atoms with E-state index in [9.17, 15) is 5.26 Å². The van der Waals surface area contributed by atoms with E-state index in [2.05, 4.69) is 164 Å². The Morgan fingerprint density at radius 3 is 1.71 bits per heavy atom. The summed E-state index contributed by atoms with van der Waals surface area (Å²) in [6, 6.07) is 68.9. The Morgan fingerprint density at radius 2 is 0.927 bits per heavy atom. The molecule has 2 aliphatic carbocycles. The lowest BCUT2D eigenvalue weighted by Crippen LogP contribution is -2.25. The monoisotopic (exact) mass is 697 g/mol. The van der Waals surface area contributed by atoms with Gasteiger partial charge in [0.2, 0.25) is 0 Å². The van der Waals surface area contributed by atoms with Crippen LogP contribution in [0.2, 0.25) is 0 Å². The standard InChI is InChI=1S/C52H31N3/c53-32-37-20-12-28-45-49(37)50-39(24-13-29-46(50)52(45)43-26-8-6-22-40(43)41-23-7-9-27-44(41)52)35-18-10-19-36(30-35)48-31-47(34-15-2-1-3-16-34)54-51(55-48)42-25-11-17-33-14-4-5-21-38(33)42/h1-31H. The van der Waals surface area contributed by atoms with E-state index >= 15 is 0 Å². The molecule has 0 fully saturated rings. The van der Waals surface area contributed by atoms with Crippen LogP contribution in [0, 0.1) is 11.3 Å². The third-order valence-electron chi connectivity index (χ3n) is 11.6. The molecule has 9 aromatic rings. The molecule has 0 N–H and O–H groups in total. The molecule has 1 spiro atoms. The third kappa shape index (κ3) is 4.49. The summed E-state index contributed by atoms with van der Waals surface area (Å²) < 4.78 is 0. The van der Waals surface area contributed by atoms with Crippen LogP contribution in [0.4, 0.5) is 0 Å². The average Bonchev–Trinajstić information content (AvgIpc) is 3.74. The summed E-state index contributed by atoms with van der Waals surface area (Å²) in [5, 5.41) is 12.9. The molecule has 0 saturated heterocycles. The van der Waals surface area contributed by atoms with Crippen molar-refractivity contribution < 1.29 is 0 Å². The molecule has 55 heavy (non-hydrogen) atoms. The van der Waals surface area contributed by atoms with Crippen LogP contribution < -0.4 is 0 Å². The third-order valence-corrected chi connectivity index (χ3v) is 11.6. The van der Waals surface area contributed by atoms with E-state index in [4.69, 9.17) is 9.97 Å². The molecule has 0 aliphatic heterocycles. The van der Waals surface area contributed by atoms with Crippen LogP contribution in [0.15, 0.2) is 188 Å². The van der Waals surface area contributed by atoms with Gasteiger partial charge in [-0.25, -0.2) is 9.97 Å². The maximum Gasteiger partial charge on any atom is 0.161 e. The molecule has 11 rings (SSSR count). The Bertz CT molecular complexity index is 3010. The Labute approximate surface area is 319 Å². The first-order valence-electron chi connectivity index (χ1n) is 18.6. The lowest BCUT2D eigenvalue weighted by Gasteiger charge is -2.30. The number of nitrogens with zero attached hydrogens (tertiary/aromatic N) is 3. The topological polar surface area (TPSA) is 49.6 Å². The van der Waals surface area contributed by atoms with Gasteiger partial charge >= 0.3 is 0 Å². The molecule has 0 unspecified atom stereocenters. The summed E-state index contributed by atoms with van der Waals surface area (Å²) in [7, 11) is 0. The normalized spacial score (nSPS) is 12.9. The SMILES string of the molecule is N#Cc1cccc2c1-c1c(-c3cccc(-c4cc(-c5ccccc5)nc(-c5cccc6ccccc56)n4)c3)cccc1C21c2ccccc2-c2ccccc21. The molecule has 254 valence electrons. The summed E-state index contributed by atoms with van der Waals surface area (Å²) in [6.07, 6.45) is 0. The molecule has 1 heterocycles. The number of nitriles is 1. The van der Waals surface area contributed by atoms with Crippen LogP contribution >= 0.6 is 0 Å². The summed E-state index contributed by atoms with van der Waals surface area (Å²) in [5.74, 6) is 0.687. The zero-order chi connectivity index (χ0) is 36.5. The van der Waals surface area contributed by atoms with E-state index in [1.165, 1.54) is 27.8 Å². The van der Waals surface area contributed by atoms with Gasteiger partial charge < -0.3 is 0 Å². The zero-order valence-electron chi connectivity index (χ0n) is 29.7. The maximum absolute atomic E-state index is 10.6. The maximum atomic E-state index is 10.6. The largest absolute Gasteiger partial charge is 0.228 e. The summed E-state index contributed by atoms with van der Waals surface area (Å²) in [4.78, 5) is 10.4. The quantitative estimate of drug-likeness (QED) is 0.184. The number of rotatable bonds is 4. The van der Waals surface area contributed by atoms with Crippen LogP contribution in [0.1, 0.15) is 27.8 Å². The van der Waals surface area contributed by atoms with Gasteiger partial charge in [-0.2, -0.15) is 5.26 Å². The van der Waals surface area contributed by atoms with Crippen molar-refractivity contribution >= 4 is 10.8 Å². The van der Waals surface area contributed by atoms with E-state index < -0.39 is 5.41 Å². The average molecular weight is 698 g/mol. The molecular weight excluding hydrogens is 667 g/mol. The van der Waals surface area contributed by atoms with Gasteiger partial charge in [0, 0.05) is 22.3 Å². The second-order valence-electron chi connectivity index (χ2n) is 14.3. The predicted molar refractivity (Wildman–Crippen MR) is 222 cm³/mol. The molecule has 0 radical (unpaired) electrons. The highest BCUT2D eigenvalue weighted by atomic mass is 14.9. The van der Waals surface area contributed by atoms with E-state index in [0.29, 0.717) is 11.4 Å². The second-order valence-corrected chi connectivity index (χ2v) is 14.3. The fourth-order valence-corrected chi connectivity index (χ4v) is 9.30. The van der Waals surface area contributed by atoms with Gasteiger partial charge in [0.05, 0.1) is 28.4 Å². The zero-order valence-corrected chi connectivity index (χ0v) is 29.7. The van der Waals surface area contributed by atoms with Crippen molar-refractivity contribution in [2.45, 2.75) is 5.41 Å².